The number of amides is 1. The summed E-state index contributed by atoms with van der Waals surface area (Å²) in [6, 6.07) is 3.74. The Morgan fingerprint density at radius 3 is 2.44 bits per heavy atom. The molecule has 0 aliphatic carbocycles. The molecule has 0 unspecified atom stereocenters. The van der Waals surface area contributed by atoms with Gasteiger partial charge in [-0.2, -0.15) is 5.10 Å². The Hall–Kier alpha value is -2.21. The molecule has 1 amide bonds. The highest BCUT2D eigenvalue weighted by Crippen LogP contribution is 2.36. The average molecular weight is 391 g/mol. The van der Waals surface area contributed by atoms with E-state index in [4.69, 9.17) is 27.2 Å². The molecule has 0 radical (unpaired) electrons. The van der Waals surface area contributed by atoms with Crippen LogP contribution in [0, 0.1) is 13.8 Å². The topological polar surface area (TPSA) is 73.4 Å². The van der Waals surface area contributed by atoms with E-state index >= 15 is 0 Å². The summed E-state index contributed by atoms with van der Waals surface area (Å²) < 4.78 is 7.29. The van der Waals surface area contributed by atoms with Gasteiger partial charge < -0.3 is 15.4 Å². The van der Waals surface area contributed by atoms with Gasteiger partial charge in [0.1, 0.15) is 11.4 Å². The first-order chi connectivity index (χ1) is 12.5. The van der Waals surface area contributed by atoms with Crippen LogP contribution in [0.1, 0.15) is 56.1 Å². The molecule has 2 heterocycles. The van der Waals surface area contributed by atoms with Gasteiger partial charge in [-0.05, 0) is 64.8 Å². The lowest BCUT2D eigenvalue weighted by Gasteiger charge is -2.34. The van der Waals surface area contributed by atoms with E-state index in [9.17, 15) is 4.79 Å². The molecule has 146 valence electrons. The van der Waals surface area contributed by atoms with Crippen molar-refractivity contribution in [1.29, 1.82) is 0 Å². The summed E-state index contributed by atoms with van der Waals surface area (Å²) in [5, 5.41) is 5.47. The van der Waals surface area contributed by atoms with Gasteiger partial charge in [0.2, 0.25) is 0 Å². The number of carbonyl (C=O) groups is 1. The summed E-state index contributed by atoms with van der Waals surface area (Å²) in [5.41, 5.74) is 10.6. The number of rotatable bonds is 1. The predicted octanol–water partition coefficient (Wildman–Crippen LogP) is 4.58. The zero-order chi connectivity index (χ0) is 20.1. The molecule has 0 saturated carbocycles. The number of fused-ring (bicyclic) bond motifs is 1. The Labute approximate surface area is 165 Å². The zero-order valence-electron chi connectivity index (χ0n) is 16.8. The van der Waals surface area contributed by atoms with Crippen LogP contribution in [-0.4, -0.2) is 32.9 Å². The van der Waals surface area contributed by atoms with Crippen molar-refractivity contribution < 1.29 is 9.53 Å². The van der Waals surface area contributed by atoms with E-state index in [0.717, 1.165) is 33.1 Å². The highest BCUT2D eigenvalue weighted by atomic mass is 35.5. The number of ether oxygens (including phenoxy) is 1. The highest BCUT2D eigenvalue weighted by molar-refractivity contribution is 6.32. The van der Waals surface area contributed by atoms with Gasteiger partial charge in [0.25, 0.3) is 0 Å². The van der Waals surface area contributed by atoms with Gasteiger partial charge in [-0.25, -0.2) is 9.48 Å². The highest BCUT2D eigenvalue weighted by Gasteiger charge is 2.35. The van der Waals surface area contributed by atoms with Crippen molar-refractivity contribution >= 4 is 23.5 Å². The number of carbonyl (C=O) groups excluding carboxylic acids is 1. The van der Waals surface area contributed by atoms with Crippen LogP contribution in [0.15, 0.2) is 12.1 Å². The first kappa shape index (κ1) is 19.5. The Morgan fingerprint density at radius 2 is 1.89 bits per heavy atom. The van der Waals surface area contributed by atoms with Crippen molar-refractivity contribution in [3.8, 4) is 5.69 Å². The molecule has 6 nitrogen and oxygen atoms in total. The van der Waals surface area contributed by atoms with Crippen LogP contribution in [0.5, 0.6) is 0 Å². The second-order valence-electron chi connectivity index (χ2n) is 8.15. The number of hydrogen-bond acceptors (Lipinski definition) is 4. The molecule has 7 heteroatoms. The number of nitrogens with two attached hydrogens (primary N) is 1. The fourth-order valence-electron chi connectivity index (χ4n) is 3.52. The minimum Gasteiger partial charge on any atom is -0.444 e. The molecule has 1 aromatic carbocycles. The van der Waals surface area contributed by atoms with Crippen molar-refractivity contribution in [2.75, 3.05) is 12.3 Å². The monoisotopic (exact) mass is 390 g/mol. The zero-order valence-corrected chi connectivity index (χ0v) is 17.5. The number of anilines is 1. The van der Waals surface area contributed by atoms with E-state index in [1.54, 1.807) is 9.58 Å². The minimum atomic E-state index is -0.537. The van der Waals surface area contributed by atoms with Crippen LogP contribution in [0.3, 0.4) is 0 Å². The van der Waals surface area contributed by atoms with Crippen LogP contribution < -0.4 is 5.73 Å². The molecule has 0 spiro atoms. The van der Waals surface area contributed by atoms with Crippen molar-refractivity contribution in [2.24, 2.45) is 0 Å². The molecule has 1 aliphatic rings. The van der Waals surface area contributed by atoms with Gasteiger partial charge >= 0.3 is 6.09 Å². The van der Waals surface area contributed by atoms with Gasteiger partial charge in [0.05, 0.1) is 17.4 Å². The standard InChI is InChI=1S/C20H27ClN4O2/c1-11-9-14(10-12(2)17(11)21)25-18(22)16-13(3)24(8-7-15(16)23-25)19(26)27-20(4,5)6/h9-10,13H,7-8,22H2,1-6H3/t13-/m0/s1. The molecule has 0 saturated heterocycles. The van der Waals surface area contributed by atoms with E-state index in [1.165, 1.54) is 0 Å². The molecule has 27 heavy (non-hydrogen) atoms. The second-order valence-corrected chi connectivity index (χ2v) is 8.53. The van der Waals surface area contributed by atoms with Crippen molar-refractivity contribution in [1.82, 2.24) is 14.7 Å². The average Bonchev–Trinajstić information content (AvgIpc) is 2.88. The summed E-state index contributed by atoms with van der Waals surface area (Å²) in [7, 11) is 0. The quantitative estimate of drug-likeness (QED) is 0.773. The summed E-state index contributed by atoms with van der Waals surface area (Å²) in [6.07, 6.45) is 0.313. The molecule has 1 aromatic heterocycles. The SMILES string of the molecule is Cc1cc(-n2nc3c(c2N)[C@H](C)N(C(=O)OC(C)(C)C)CC3)cc(C)c1Cl. The second kappa shape index (κ2) is 6.75. The first-order valence-corrected chi connectivity index (χ1v) is 9.51. The van der Waals surface area contributed by atoms with E-state index in [1.807, 2.05) is 53.7 Å². The summed E-state index contributed by atoms with van der Waals surface area (Å²) in [6.45, 7) is 12.0. The Bertz CT molecular complexity index is 875. The largest absolute Gasteiger partial charge is 0.444 e. The number of nitrogen functional groups attached to an aromatic ring is 1. The van der Waals surface area contributed by atoms with Crippen LogP contribution in [0.25, 0.3) is 5.69 Å². The molecule has 1 atom stereocenters. The van der Waals surface area contributed by atoms with Gasteiger partial charge in [-0.1, -0.05) is 11.6 Å². The smallest absolute Gasteiger partial charge is 0.410 e. The third-order valence-electron chi connectivity index (χ3n) is 4.80. The predicted molar refractivity (Wildman–Crippen MR) is 108 cm³/mol. The summed E-state index contributed by atoms with van der Waals surface area (Å²) in [4.78, 5) is 14.3. The van der Waals surface area contributed by atoms with E-state index < -0.39 is 5.60 Å². The van der Waals surface area contributed by atoms with Crippen LogP contribution >= 0.6 is 11.6 Å². The Kier molecular flexibility index (Phi) is 4.89. The lowest BCUT2D eigenvalue weighted by Crippen LogP contribution is -2.42. The molecule has 3 rings (SSSR count). The number of aromatic nitrogens is 2. The number of hydrogen-bond donors (Lipinski definition) is 1. The number of aryl methyl sites for hydroxylation is 2. The maximum Gasteiger partial charge on any atom is 0.410 e. The maximum atomic E-state index is 12.6. The third-order valence-corrected chi connectivity index (χ3v) is 5.40. The first-order valence-electron chi connectivity index (χ1n) is 9.13. The van der Waals surface area contributed by atoms with Gasteiger partial charge in [-0.15, -0.1) is 0 Å². The van der Waals surface area contributed by atoms with Gasteiger partial charge in [0.15, 0.2) is 0 Å². The van der Waals surface area contributed by atoms with E-state index in [-0.39, 0.29) is 12.1 Å². The number of benzene rings is 1. The Balaban J connectivity index is 1.98. The lowest BCUT2D eigenvalue weighted by molar-refractivity contribution is 0.0160. The number of nitrogens with zero attached hydrogens (tertiary/aromatic N) is 3. The third kappa shape index (κ3) is 3.63. The fourth-order valence-corrected chi connectivity index (χ4v) is 3.63. The molecule has 2 N–H and O–H groups in total. The van der Waals surface area contributed by atoms with Gasteiger partial charge in [-0.3, -0.25) is 0 Å². The molecule has 0 fully saturated rings. The summed E-state index contributed by atoms with van der Waals surface area (Å²) >= 11 is 6.29. The molecular weight excluding hydrogens is 364 g/mol. The lowest BCUT2D eigenvalue weighted by atomic mass is 10.00. The molecular formula is C20H27ClN4O2. The van der Waals surface area contributed by atoms with E-state index in [0.29, 0.717) is 18.8 Å². The van der Waals surface area contributed by atoms with Crippen molar-refractivity contribution in [3.63, 3.8) is 0 Å². The van der Waals surface area contributed by atoms with Crippen LogP contribution in [0.4, 0.5) is 10.6 Å². The molecule has 0 bridgehead atoms. The molecule has 1 aliphatic heterocycles. The summed E-state index contributed by atoms with van der Waals surface area (Å²) in [5.74, 6) is 0.548. The Morgan fingerprint density at radius 1 is 1.30 bits per heavy atom. The van der Waals surface area contributed by atoms with Crippen molar-refractivity contribution in [2.45, 2.75) is 59.6 Å². The molecule has 2 aromatic rings. The number of halogens is 1. The van der Waals surface area contributed by atoms with E-state index in [2.05, 4.69) is 0 Å². The van der Waals surface area contributed by atoms with Crippen LogP contribution in [0.2, 0.25) is 5.02 Å². The minimum absolute atomic E-state index is 0.202. The van der Waals surface area contributed by atoms with Crippen LogP contribution in [-0.2, 0) is 11.2 Å². The van der Waals surface area contributed by atoms with Gasteiger partial charge in [0, 0.05) is 23.6 Å². The fraction of sp³-hybridized carbons (Fsp3) is 0.500. The maximum absolute atomic E-state index is 12.6. The normalized spacial score (nSPS) is 17.0. The van der Waals surface area contributed by atoms with Crippen molar-refractivity contribution in [3.05, 3.63) is 39.5 Å².